The quantitative estimate of drug-likeness (QED) is 0.641. The molecule has 0 spiro atoms. The summed E-state index contributed by atoms with van der Waals surface area (Å²) >= 11 is 4.27. The van der Waals surface area contributed by atoms with Crippen LogP contribution in [0.15, 0.2) is 30.3 Å². The zero-order valence-electron chi connectivity index (χ0n) is 10.5. The molecule has 0 saturated carbocycles. The Morgan fingerprint density at radius 1 is 1.16 bits per heavy atom. The second-order valence-electron chi connectivity index (χ2n) is 4.49. The number of carboxylic acid groups (broad SMARTS) is 2. The Kier molecular flexibility index (Phi) is 6.42. The lowest BCUT2D eigenvalue weighted by Gasteiger charge is -2.19. The number of thiol groups is 1. The zero-order chi connectivity index (χ0) is 14.3. The molecule has 1 aromatic rings. The molecule has 2 N–H and O–H groups in total. The van der Waals surface area contributed by atoms with Gasteiger partial charge in [-0.2, -0.15) is 12.6 Å². The summed E-state index contributed by atoms with van der Waals surface area (Å²) < 4.78 is 0. The Morgan fingerprint density at radius 2 is 1.79 bits per heavy atom. The van der Waals surface area contributed by atoms with Gasteiger partial charge in [-0.25, -0.2) is 0 Å². The van der Waals surface area contributed by atoms with Crippen molar-refractivity contribution >= 4 is 24.6 Å². The van der Waals surface area contributed by atoms with E-state index in [2.05, 4.69) is 12.6 Å². The molecule has 2 unspecified atom stereocenters. The first-order valence-corrected chi connectivity index (χ1v) is 6.78. The molecule has 0 radical (unpaired) electrons. The monoisotopic (exact) mass is 282 g/mol. The van der Waals surface area contributed by atoms with E-state index in [4.69, 9.17) is 10.2 Å². The fourth-order valence-corrected chi connectivity index (χ4v) is 2.38. The highest BCUT2D eigenvalue weighted by Gasteiger charge is 2.23. The topological polar surface area (TPSA) is 74.6 Å². The third-order valence-electron chi connectivity index (χ3n) is 3.12. The zero-order valence-corrected chi connectivity index (χ0v) is 11.4. The van der Waals surface area contributed by atoms with Crippen LogP contribution in [0.1, 0.15) is 30.7 Å². The van der Waals surface area contributed by atoms with Crippen molar-refractivity contribution in [3.05, 3.63) is 35.9 Å². The van der Waals surface area contributed by atoms with Crippen LogP contribution in [0.3, 0.4) is 0 Å². The van der Waals surface area contributed by atoms with Gasteiger partial charge in [-0.3, -0.25) is 9.59 Å². The largest absolute Gasteiger partial charge is 0.481 e. The Hall–Kier alpha value is -1.49. The van der Waals surface area contributed by atoms with Crippen LogP contribution < -0.4 is 0 Å². The van der Waals surface area contributed by atoms with Crippen molar-refractivity contribution in [1.82, 2.24) is 0 Å². The highest BCUT2D eigenvalue weighted by Crippen LogP contribution is 2.27. The van der Waals surface area contributed by atoms with Crippen LogP contribution in [0.5, 0.6) is 0 Å². The van der Waals surface area contributed by atoms with Crippen molar-refractivity contribution in [3.63, 3.8) is 0 Å². The molecule has 5 heteroatoms. The Bertz CT molecular complexity index is 419. The molecule has 0 heterocycles. The smallest absolute Gasteiger partial charge is 0.306 e. The average molecular weight is 282 g/mol. The number of hydrogen-bond acceptors (Lipinski definition) is 3. The molecular weight excluding hydrogens is 264 g/mol. The molecular formula is C14H18O4S. The fourth-order valence-electron chi connectivity index (χ4n) is 2.02. The standard InChI is InChI=1S/C14H18O4S/c15-13(16)7-6-11(14(17)18)8-12(9-19)10-4-2-1-3-5-10/h1-5,11-12,19H,6-9H2,(H,15,16)(H,17,18). The molecule has 0 bridgehead atoms. The van der Waals surface area contributed by atoms with Crippen molar-refractivity contribution in [2.75, 3.05) is 5.75 Å². The average Bonchev–Trinajstić information content (AvgIpc) is 2.39. The van der Waals surface area contributed by atoms with Crippen LogP contribution >= 0.6 is 12.6 Å². The summed E-state index contributed by atoms with van der Waals surface area (Å²) in [5.41, 5.74) is 1.04. The highest BCUT2D eigenvalue weighted by molar-refractivity contribution is 7.80. The number of benzene rings is 1. The van der Waals surface area contributed by atoms with Gasteiger partial charge in [0, 0.05) is 6.42 Å². The first-order chi connectivity index (χ1) is 9.04. The van der Waals surface area contributed by atoms with E-state index in [0.29, 0.717) is 12.2 Å². The minimum absolute atomic E-state index is 0.0272. The normalized spacial score (nSPS) is 13.7. The summed E-state index contributed by atoms with van der Waals surface area (Å²) in [7, 11) is 0. The second kappa shape index (κ2) is 7.84. The lowest BCUT2D eigenvalue weighted by molar-refractivity contribution is -0.143. The van der Waals surface area contributed by atoms with Crippen molar-refractivity contribution in [3.8, 4) is 0 Å². The van der Waals surface area contributed by atoms with E-state index < -0.39 is 17.9 Å². The predicted molar refractivity (Wildman–Crippen MR) is 75.6 cm³/mol. The Balaban J connectivity index is 2.70. The molecule has 0 aliphatic carbocycles. The minimum Gasteiger partial charge on any atom is -0.481 e. The maximum atomic E-state index is 11.2. The molecule has 4 nitrogen and oxygen atoms in total. The number of hydrogen-bond donors (Lipinski definition) is 3. The van der Waals surface area contributed by atoms with Crippen LogP contribution in [0, 0.1) is 5.92 Å². The molecule has 2 atom stereocenters. The van der Waals surface area contributed by atoms with Crippen LogP contribution in [-0.2, 0) is 9.59 Å². The van der Waals surface area contributed by atoms with Gasteiger partial charge in [0.1, 0.15) is 0 Å². The third kappa shape index (κ3) is 5.34. The lowest BCUT2D eigenvalue weighted by atomic mass is 9.87. The van der Waals surface area contributed by atoms with Gasteiger partial charge in [0.2, 0.25) is 0 Å². The molecule has 0 aromatic heterocycles. The summed E-state index contributed by atoms with van der Waals surface area (Å²) in [5, 5.41) is 17.8. The highest BCUT2D eigenvalue weighted by atomic mass is 32.1. The first kappa shape index (κ1) is 15.6. The summed E-state index contributed by atoms with van der Waals surface area (Å²) in [6.07, 6.45) is 0.447. The van der Waals surface area contributed by atoms with Gasteiger partial charge in [0.25, 0.3) is 0 Å². The van der Waals surface area contributed by atoms with E-state index in [-0.39, 0.29) is 18.8 Å². The van der Waals surface area contributed by atoms with E-state index in [1.807, 2.05) is 30.3 Å². The molecule has 1 aromatic carbocycles. The van der Waals surface area contributed by atoms with E-state index in [9.17, 15) is 9.59 Å². The lowest BCUT2D eigenvalue weighted by Crippen LogP contribution is -2.19. The number of carboxylic acids is 2. The van der Waals surface area contributed by atoms with Gasteiger partial charge < -0.3 is 10.2 Å². The van der Waals surface area contributed by atoms with Crippen LogP contribution in [-0.4, -0.2) is 27.9 Å². The van der Waals surface area contributed by atoms with Crippen molar-refractivity contribution in [2.45, 2.75) is 25.2 Å². The maximum absolute atomic E-state index is 11.2. The van der Waals surface area contributed by atoms with Gasteiger partial charge >= 0.3 is 11.9 Å². The number of carbonyl (C=O) groups is 2. The van der Waals surface area contributed by atoms with E-state index in [1.165, 1.54) is 0 Å². The SMILES string of the molecule is O=C(O)CCC(CC(CS)c1ccccc1)C(=O)O. The van der Waals surface area contributed by atoms with E-state index in [0.717, 1.165) is 5.56 Å². The summed E-state index contributed by atoms with van der Waals surface area (Å²) in [6.45, 7) is 0. The van der Waals surface area contributed by atoms with Gasteiger partial charge in [0.15, 0.2) is 0 Å². The molecule has 0 fully saturated rings. The van der Waals surface area contributed by atoms with Crippen molar-refractivity contribution in [1.29, 1.82) is 0 Å². The maximum Gasteiger partial charge on any atom is 0.306 e. The molecule has 0 aliphatic rings. The second-order valence-corrected chi connectivity index (χ2v) is 4.86. The summed E-state index contributed by atoms with van der Waals surface area (Å²) in [4.78, 5) is 21.7. The van der Waals surface area contributed by atoms with Gasteiger partial charge in [-0.1, -0.05) is 30.3 Å². The molecule has 0 amide bonds. The van der Waals surface area contributed by atoms with Crippen LogP contribution in [0.4, 0.5) is 0 Å². The summed E-state index contributed by atoms with van der Waals surface area (Å²) in [6, 6.07) is 9.59. The first-order valence-electron chi connectivity index (χ1n) is 6.15. The number of aliphatic carboxylic acids is 2. The van der Waals surface area contributed by atoms with E-state index >= 15 is 0 Å². The van der Waals surface area contributed by atoms with Gasteiger partial charge in [-0.15, -0.1) is 0 Å². The third-order valence-corrected chi connectivity index (χ3v) is 3.56. The molecule has 19 heavy (non-hydrogen) atoms. The van der Waals surface area contributed by atoms with Crippen LogP contribution in [0.25, 0.3) is 0 Å². The predicted octanol–water partition coefficient (Wildman–Crippen LogP) is 2.66. The van der Waals surface area contributed by atoms with Crippen molar-refractivity contribution in [2.24, 2.45) is 5.92 Å². The fraction of sp³-hybridized carbons (Fsp3) is 0.429. The Labute approximate surface area is 117 Å². The van der Waals surface area contributed by atoms with E-state index in [1.54, 1.807) is 0 Å². The Morgan fingerprint density at radius 3 is 2.26 bits per heavy atom. The minimum atomic E-state index is -0.964. The molecule has 0 saturated heterocycles. The van der Waals surface area contributed by atoms with Crippen LogP contribution in [0.2, 0.25) is 0 Å². The molecule has 104 valence electrons. The number of rotatable bonds is 8. The van der Waals surface area contributed by atoms with Gasteiger partial charge in [0.05, 0.1) is 5.92 Å². The van der Waals surface area contributed by atoms with Gasteiger partial charge in [-0.05, 0) is 30.1 Å². The molecule has 1 rings (SSSR count). The van der Waals surface area contributed by atoms with Crippen molar-refractivity contribution < 1.29 is 19.8 Å². The molecule has 0 aliphatic heterocycles. The summed E-state index contributed by atoms with van der Waals surface area (Å²) in [5.74, 6) is -1.98.